The molecule has 8 nitrogen and oxygen atoms in total. The molecule has 0 saturated carbocycles. The lowest BCUT2D eigenvalue weighted by Gasteiger charge is -2.29. The van der Waals surface area contributed by atoms with Crippen molar-refractivity contribution in [2.24, 2.45) is 0 Å². The molecule has 1 aliphatic heterocycles. The number of methoxy groups -OCH3 is 1. The van der Waals surface area contributed by atoms with Gasteiger partial charge in [0.1, 0.15) is 22.8 Å². The molecular formula is C23H23N5O3. The number of aromatic nitrogens is 3. The van der Waals surface area contributed by atoms with E-state index in [0.717, 1.165) is 43.0 Å². The summed E-state index contributed by atoms with van der Waals surface area (Å²) in [7, 11) is 1.65. The second-order valence-corrected chi connectivity index (χ2v) is 7.36. The molecular weight excluding hydrogens is 394 g/mol. The summed E-state index contributed by atoms with van der Waals surface area (Å²) in [5.41, 5.74) is 4.15. The van der Waals surface area contributed by atoms with Crippen molar-refractivity contribution in [1.82, 2.24) is 20.7 Å². The highest BCUT2D eigenvalue weighted by molar-refractivity contribution is 5.78. The molecule has 1 fully saturated rings. The Bertz CT molecular complexity index is 1180. The quantitative estimate of drug-likeness (QED) is 0.525. The van der Waals surface area contributed by atoms with Gasteiger partial charge in [0.05, 0.1) is 12.7 Å². The molecule has 3 heterocycles. The first kappa shape index (κ1) is 19.3. The van der Waals surface area contributed by atoms with Crippen LogP contribution in [0.15, 0.2) is 57.5 Å². The Morgan fingerprint density at radius 3 is 2.55 bits per heavy atom. The van der Waals surface area contributed by atoms with E-state index in [1.807, 2.05) is 49.4 Å². The van der Waals surface area contributed by atoms with Crippen LogP contribution in [0.5, 0.6) is 5.75 Å². The third-order valence-corrected chi connectivity index (χ3v) is 5.45. The summed E-state index contributed by atoms with van der Waals surface area (Å²) in [6, 6.07) is 15.8. The Morgan fingerprint density at radius 1 is 1.00 bits per heavy atom. The molecule has 31 heavy (non-hydrogen) atoms. The van der Waals surface area contributed by atoms with Crippen LogP contribution in [0.1, 0.15) is 5.76 Å². The van der Waals surface area contributed by atoms with Crippen molar-refractivity contribution < 1.29 is 13.7 Å². The zero-order valence-electron chi connectivity index (χ0n) is 17.5. The van der Waals surface area contributed by atoms with Crippen molar-refractivity contribution in [3.63, 3.8) is 0 Å². The fraction of sp³-hybridized carbons (Fsp3) is 0.261. The highest BCUT2D eigenvalue weighted by atomic mass is 16.5. The zero-order valence-corrected chi connectivity index (χ0v) is 17.5. The molecule has 0 atom stereocenters. The van der Waals surface area contributed by atoms with Crippen LogP contribution in [0.2, 0.25) is 0 Å². The summed E-state index contributed by atoms with van der Waals surface area (Å²) in [6.07, 6.45) is 0. The molecule has 0 radical (unpaired) electrons. The highest BCUT2D eigenvalue weighted by Crippen LogP contribution is 2.37. The van der Waals surface area contributed by atoms with Crippen molar-refractivity contribution >= 4 is 5.69 Å². The van der Waals surface area contributed by atoms with Crippen LogP contribution in [-0.2, 0) is 0 Å². The molecule has 0 aliphatic carbocycles. The van der Waals surface area contributed by atoms with Crippen LogP contribution in [0.3, 0.4) is 0 Å². The predicted molar refractivity (Wildman–Crippen MR) is 117 cm³/mol. The van der Waals surface area contributed by atoms with Gasteiger partial charge in [-0.3, -0.25) is 0 Å². The van der Waals surface area contributed by atoms with Crippen molar-refractivity contribution in [1.29, 1.82) is 0 Å². The molecule has 1 saturated heterocycles. The van der Waals surface area contributed by atoms with Gasteiger partial charge in [-0.15, -0.1) is 10.2 Å². The number of nitrogens with one attached hydrogen (secondary N) is 1. The van der Waals surface area contributed by atoms with Crippen molar-refractivity contribution in [2.45, 2.75) is 6.92 Å². The topological polar surface area (TPSA) is 89.5 Å². The Labute approximate surface area is 179 Å². The summed E-state index contributed by atoms with van der Waals surface area (Å²) >= 11 is 0. The number of ether oxygens (including phenoxy) is 1. The Balaban J connectivity index is 1.50. The first-order valence-electron chi connectivity index (χ1n) is 10.2. The number of nitrogens with zero attached hydrogens (tertiary/aromatic N) is 4. The Morgan fingerprint density at radius 2 is 1.77 bits per heavy atom. The minimum atomic E-state index is 0.362. The maximum absolute atomic E-state index is 6.06. The van der Waals surface area contributed by atoms with Gasteiger partial charge in [-0.1, -0.05) is 35.5 Å². The number of piperazine rings is 1. The van der Waals surface area contributed by atoms with Crippen molar-refractivity contribution in [3.8, 4) is 39.9 Å². The second kappa shape index (κ2) is 8.23. The maximum Gasteiger partial charge on any atom is 0.254 e. The largest absolute Gasteiger partial charge is 0.496 e. The van der Waals surface area contributed by atoms with Crippen molar-refractivity contribution in [2.75, 3.05) is 38.2 Å². The molecule has 0 spiro atoms. The normalized spacial score (nSPS) is 14.1. The molecule has 5 rings (SSSR count). The van der Waals surface area contributed by atoms with Crippen LogP contribution >= 0.6 is 0 Å². The zero-order chi connectivity index (χ0) is 21.2. The van der Waals surface area contributed by atoms with E-state index in [1.54, 1.807) is 7.11 Å². The average molecular weight is 417 g/mol. The van der Waals surface area contributed by atoms with Crippen LogP contribution < -0.4 is 15.0 Å². The molecule has 8 heteroatoms. The van der Waals surface area contributed by atoms with Gasteiger partial charge in [-0.2, -0.15) is 0 Å². The van der Waals surface area contributed by atoms with Crippen molar-refractivity contribution in [3.05, 3.63) is 54.3 Å². The standard InChI is InChI=1S/C23H23N5O3/c1-15-20(21(27-31-15)16-6-4-3-5-7-16)23-26-25-22(30-23)18-9-8-17(14-19(18)29-2)28-12-10-24-11-13-28/h3-9,14,24H,10-13H2,1-2H3. The third-order valence-electron chi connectivity index (χ3n) is 5.45. The summed E-state index contributed by atoms with van der Waals surface area (Å²) in [4.78, 5) is 2.33. The molecule has 1 aliphatic rings. The predicted octanol–water partition coefficient (Wildman–Crippen LogP) is 3.79. The van der Waals surface area contributed by atoms with Gasteiger partial charge in [0.2, 0.25) is 0 Å². The maximum atomic E-state index is 6.06. The minimum absolute atomic E-state index is 0.362. The van der Waals surface area contributed by atoms with Gasteiger partial charge in [0.15, 0.2) is 0 Å². The van der Waals surface area contributed by atoms with E-state index in [9.17, 15) is 0 Å². The van der Waals surface area contributed by atoms with E-state index < -0.39 is 0 Å². The lowest BCUT2D eigenvalue weighted by molar-refractivity contribution is 0.399. The van der Waals surface area contributed by atoms with Crippen LogP contribution in [0.25, 0.3) is 34.2 Å². The number of hydrogen-bond acceptors (Lipinski definition) is 8. The Kier molecular flexibility index (Phi) is 5.13. The molecule has 4 aromatic rings. The third kappa shape index (κ3) is 3.66. The molecule has 158 valence electrons. The van der Waals surface area contributed by atoms with Crippen LogP contribution in [-0.4, -0.2) is 48.6 Å². The fourth-order valence-electron chi connectivity index (χ4n) is 3.83. The monoisotopic (exact) mass is 417 g/mol. The van der Waals surface area contributed by atoms with E-state index in [-0.39, 0.29) is 0 Å². The Hall–Kier alpha value is -3.65. The number of anilines is 1. The number of hydrogen-bond donors (Lipinski definition) is 1. The summed E-state index contributed by atoms with van der Waals surface area (Å²) in [5, 5.41) is 16.1. The van der Waals surface area contributed by atoms with Gasteiger partial charge in [0, 0.05) is 43.5 Å². The van der Waals surface area contributed by atoms with Gasteiger partial charge < -0.3 is 23.9 Å². The van der Waals surface area contributed by atoms with Crippen LogP contribution in [0.4, 0.5) is 5.69 Å². The molecule has 0 bridgehead atoms. The SMILES string of the molecule is COc1cc(N2CCNCC2)ccc1-c1nnc(-c2c(-c3ccccc3)noc2C)o1. The van der Waals surface area contributed by atoms with Gasteiger partial charge in [0.25, 0.3) is 11.8 Å². The summed E-state index contributed by atoms with van der Waals surface area (Å²) in [5.74, 6) is 2.06. The second-order valence-electron chi connectivity index (χ2n) is 7.36. The van der Waals surface area contributed by atoms with E-state index in [1.165, 1.54) is 0 Å². The average Bonchev–Trinajstić information content (AvgIpc) is 3.46. The number of benzene rings is 2. The fourth-order valence-corrected chi connectivity index (χ4v) is 3.83. The molecule has 0 amide bonds. The summed E-state index contributed by atoms with van der Waals surface area (Å²) in [6.45, 7) is 5.70. The number of aryl methyl sites for hydroxylation is 1. The van der Waals surface area contributed by atoms with E-state index in [4.69, 9.17) is 13.7 Å². The summed E-state index contributed by atoms with van der Waals surface area (Å²) < 4.78 is 17.1. The molecule has 1 N–H and O–H groups in total. The molecule has 2 aromatic carbocycles. The van der Waals surface area contributed by atoms with E-state index in [2.05, 4.69) is 31.6 Å². The molecule has 2 aromatic heterocycles. The van der Waals surface area contributed by atoms with E-state index in [0.29, 0.717) is 34.5 Å². The van der Waals surface area contributed by atoms with E-state index >= 15 is 0 Å². The first-order chi connectivity index (χ1) is 15.2. The highest BCUT2D eigenvalue weighted by Gasteiger charge is 2.23. The first-order valence-corrected chi connectivity index (χ1v) is 10.2. The lowest BCUT2D eigenvalue weighted by Crippen LogP contribution is -2.43. The van der Waals surface area contributed by atoms with Gasteiger partial charge >= 0.3 is 0 Å². The van der Waals surface area contributed by atoms with Crippen LogP contribution in [0, 0.1) is 6.92 Å². The smallest absolute Gasteiger partial charge is 0.254 e. The molecule has 0 unspecified atom stereocenters. The minimum Gasteiger partial charge on any atom is -0.496 e. The van der Waals surface area contributed by atoms with Gasteiger partial charge in [-0.25, -0.2) is 0 Å². The van der Waals surface area contributed by atoms with Gasteiger partial charge in [-0.05, 0) is 19.1 Å². The lowest BCUT2D eigenvalue weighted by atomic mass is 10.1. The number of rotatable bonds is 5.